The fraction of sp³-hybridized carbons (Fsp3) is 0.333. The van der Waals surface area contributed by atoms with E-state index >= 15 is 0 Å². The lowest BCUT2D eigenvalue weighted by Gasteiger charge is -2.15. The highest BCUT2D eigenvalue weighted by atomic mass is 16.5. The summed E-state index contributed by atoms with van der Waals surface area (Å²) in [7, 11) is 3.92. The number of anilines is 1. The van der Waals surface area contributed by atoms with Gasteiger partial charge >= 0.3 is 0 Å². The van der Waals surface area contributed by atoms with Crippen LogP contribution in [-0.2, 0) is 0 Å². The molecule has 0 saturated heterocycles. The van der Waals surface area contributed by atoms with Gasteiger partial charge in [0.1, 0.15) is 17.9 Å². The predicted octanol–water partition coefficient (Wildman–Crippen LogP) is 3.00. The van der Waals surface area contributed by atoms with Gasteiger partial charge in [-0.1, -0.05) is 12.1 Å². The first-order chi connectivity index (χ1) is 9.08. The average Bonchev–Trinajstić information content (AvgIpc) is 2.39. The summed E-state index contributed by atoms with van der Waals surface area (Å²) < 4.78 is 5.83. The zero-order valence-corrected chi connectivity index (χ0v) is 11.8. The van der Waals surface area contributed by atoms with Crippen LogP contribution in [0, 0.1) is 0 Å². The van der Waals surface area contributed by atoms with Gasteiger partial charge in [0, 0.05) is 25.7 Å². The maximum absolute atomic E-state index is 5.83. The van der Waals surface area contributed by atoms with Crippen molar-refractivity contribution in [2.24, 2.45) is 0 Å². The van der Waals surface area contributed by atoms with Crippen molar-refractivity contribution < 1.29 is 4.74 Å². The summed E-state index contributed by atoms with van der Waals surface area (Å²) in [6, 6.07) is 9.89. The molecule has 0 N–H and O–H groups in total. The Kier molecular flexibility index (Phi) is 4.00. The Morgan fingerprint density at radius 1 is 1.11 bits per heavy atom. The van der Waals surface area contributed by atoms with Gasteiger partial charge in [-0.25, -0.2) is 9.97 Å². The quantitative estimate of drug-likeness (QED) is 0.844. The van der Waals surface area contributed by atoms with E-state index in [1.165, 1.54) is 0 Å². The molecule has 0 aliphatic carbocycles. The highest BCUT2D eigenvalue weighted by molar-refractivity contribution is 5.69. The van der Waals surface area contributed by atoms with Gasteiger partial charge in [-0.15, -0.1) is 0 Å². The highest BCUT2D eigenvalue weighted by Crippen LogP contribution is 2.30. The minimum atomic E-state index is 0.135. The average molecular weight is 257 g/mol. The summed E-state index contributed by atoms with van der Waals surface area (Å²) in [5, 5.41) is 0. The first-order valence-electron chi connectivity index (χ1n) is 6.33. The van der Waals surface area contributed by atoms with Crippen molar-refractivity contribution in [1.29, 1.82) is 0 Å². The van der Waals surface area contributed by atoms with Gasteiger partial charge in [0.05, 0.1) is 11.8 Å². The number of hydrogen-bond acceptors (Lipinski definition) is 4. The minimum absolute atomic E-state index is 0.135. The van der Waals surface area contributed by atoms with Gasteiger partial charge in [0.15, 0.2) is 0 Å². The predicted molar refractivity (Wildman–Crippen MR) is 77.6 cm³/mol. The van der Waals surface area contributed by atoms with Crippen molar-refractivity contribution in [2.75, 3.05) is 19.0 Å². The van der Waals surface area contributed by atoms with Crippen LogP contribution in [0.4, 0.5) is 5.82 Å². The van der Waals surface area contributed by atoms with Crippen molar-refractivity contribution in [3.05, 3.63) is 36.7 Å². The number of hydrogen-bond donors (Lipinski definition) is 0. The Bertz CT molecular complexity index is 553. The Labute approximate surface area is 114 Å². The summed E-state index contributed by atoms with van der Waals surface area (Å²) in [5.41, 5.74) is 1.86. The lowest BCUT2D eigenvalue weighted by atomic mass is 10.1. The van der Waals surface area contributed by atoms with E-state index in [9.17, 15) is 0 Å². The number of benzene rings is 1. The van der Waals surface area contributed by atoms with Crippen LogP contribution < -0.4 is 9.64 Å². The molecule has 0 amide bonds. The molecule has 1 aromatic carbocycles. The molecule has 0 unspecified atom stereocenters. The molecule has 1 aromatic heterocycles. The smallest absolute Gasteiger partial charge is 0.132 e. The molecule has 0 aliphatic rings. The summed E-state index contributed by atoms with van der Waals surface area (Å²) in [6.45, 7) is 4.03. The van der Waals surface area contributed by atoms with Gasteiger partial charge in [0.2, 0.25) is 0 Å². The van der Waals surface area contributed by atoms with Gasteiger partial charge in [-0.2, -0.15) is 0 Å². The van der Waals surface area contributed by atoms with Crippen LogP contribution in [0.2, 0.25) is 0 Å². The molecule has 2 rings (SSSR count). The zero-order valence-electron chi connectivity index (χ0n) is 11.8. The summed E-state index contributed by atoms with van der Waals surface area (Å²) in [5.74, 6) is 1.73. The normalized spacial score (nSPS) is 10.6. The number of rotatable bonds is 4. The summed E-state index contributed by atoms with van der Waals surface area (Å²) >= 11 is 0. The Hall–Kier alpha value is -2.10. The fourth-order valence-corrected chi connectivity index (χ4v) is 1.77. The summed E-state index contributed by atoms with van der Waals surface area (Å²) in [4.78, 5) is 10.5. The molecule has 0 bridgehead atoms. The third-order valence-electron chi connectivity index (χ3n) is 2.64. The largest absolute Gasteiger partial charge is 0.490 e. The van der Waals surface area contributed by atoms with Crippen molar-refractivity contribution >= 4 is 5.82 Å². The summed E-state index contributed by atoms with van der Waals surface area (Å²) in [6.07, 6.45) is 1.72. The Morgan fingerprint density at radius 2 is 1.84 bits per heavy atom. The third-order valence-corrected chi connectivity index (χ3v) is 2.64. The topological polar surface area (TPSA) is 38.2 Å². The number of nitrogens with zero attached hydrogens (tertiary/aromatic N) is 3. The molecule has 4 heteroatoms. The maximum atomic E-state index is 5.83. The van der Waals surface area contributed by atoms with Gasteiger partial charge in [0.25, 0.3) is 0 Å². The Morgan fingerprint density at radius 3 is 2.53 bits per heavy atom. The van der Waals surface area contributed by atoms with Crippen molar-refractivity contribution in [3.8, 4) is 17.0 Å². The number of ether oxygens (including phenoxy) is 1. The molecule has 2 aromatic rings. The maximum Gasteiger partial charge on any atom is 0.132 e. The third kappa shape index (κ3) is 3.22. The van der Waals surface area contributed by atoms with Crippen LogP contribution in [0.3, 0.4) is 0 Å². The Balaban J connectivity index is 2.43. The SMILES string of the molecule is CC(C)Oc1ccccc1-c1cc(N(C)C)ncn1. The lowest BCUT2D eigenvalue weighted by molar-refractivity contribution is 0.243. The second kappa shape index (κ2) is 5.69. The van der Waals surface area contributed by atoms with Gasteiger partial charge < -0.3 is 9.64 Å². The van der Waals surface area contributed by atoms with E-state index in [1.54, 1.807) is 6.33 Å². The van der Waals surface area contributed by atoms with Crippen molar-refractivity contribution in [2.45, 2.75) is 20.0 Å². The molecule has 0 saturated carbocycles. The molecule has 0 aliphatic heterocycles. The van der Waals surface area contributed by atoms with Crippen molar-refractivity contribution in [1.82, 2.24) is 9.97 Å². The molecule has 0 radical (unpaired) electrons. The van der Waals surface area contributed by atoms with Crippen LogP contribution in [0.25, 0.3) is 11.3 Å². The second-order valence-corrected chi connectivity index (χ2v) is 4.82. The highest BCUT2D eigenvalue weighted by Gasteiger charge is 2.10. The zero-order chi connectivity index (χ0) is 13.8. The van der Waals surface area contributed by atoms with Crippen LogP contribution in [0.5, 0.6) is 5.75 Å². The molecular formula is C15H19N3O. The van der Waals surface area contributed by atoms with E-state index in [0.717, 1.165) is 22.8 Å². The molecule has 100 valence electrons. The van der Waals surface area contributed by atoms with E-state index in [1.807, 2.05) is 63.2 Å². The van der Waals surface area contributed by atoms with Crippen LogP contribution in [-0.4, -0.2) is 30.2 Å². The van der Waals surface area contributed by atoms with E-state index in [0.29, 0.717) is 0 Å². The first-order valence-corrected chi connectivity index (χ1v) is 6.33. The van der Waals surface area contributed by atoms with E-state index < -0.39 is 0 Å². The van der Waals surface area contributed by atoms with E-state index in [-0.39, 0.29) is 6.10 Å². The fourth-order valence-electron chi connectivity index (χ4n) is 1.77. The standard InChI is InChI=1S/C15H19N3O/c1-11(2)19-14-8-6-5-7-12(14)13-9-15(18(3)4)17-10-16-13/h5-11H,1-4H3. The van der Waals surface area contributed by atoms with Crippen LogP contribution >= 0.6 is 0 Å². The number of aromatic nitrogens is 2. The van der Waals surface area contributed by atoms with Crippen LogP contribution in [0.1, 0.15) is 13.8 Å². The van der Waals surface area contributed by atoms with E-state index in [2.05, 4.69) is 9.97 Å². The molecule has 0 spiro atoms. The first kappa shape index (κ1) is 13.3. The van der Waals surface area contributed by atoms with E-state index in [4.69, 9.17) is 4.74 Å². The van der Waals surface area contributed by atoms with Crippen molar-refractivity contribution in [3.63, 3.8) is 0 Å². The molecule has 0 atom stereocenters. The molecule has 1 heterocycles. The molecular weight excluding hydrogens is 238 g/mol. The molecule has 0 fully saturated rings. The second-order valence-electron chi connectivity index (χ2n) is 4.82. The lowest BCUT2D eigenvalue weighted by Crippen LogP contribution is -2.11. The van der Waals surface area contributed by atoms with Crippen LogP contribution in [0.15, 0.2) is 36.7 Å². The minimum Gasteiger partial charge on any atom is -0.490 e. The number of para-hydroxylation sites is 1. The van der Waals surface area contributed by atoms with Gasteiger partial charge in [-0.05, 0) is 26.0 Å². The molecule has 19 heavy (non-hydrogen) atoms. The molecule has 4 nitrogen and oxygen atoms in total. The van der Waals surface area contributed by atoms with Gasteiger partial charge in [-0.3, -0.25) is 0 Å². The monoisotopic (exact) mass is 257 g/mol.